The van der Waals surface area contributed by atoms with Gasteiger partial charge < -0.3 is 9.40 Å². The van der Waals surface area contributed by atoms with Crippen molar-refractivity contribution in [2.45, 2.75) is 52.4 Å². The van der Waals surface area contributed by atoms with Gasteiger partial charge in [-0.05, 0) is 91.5 Å². The van der Waals surface area contributed by atoms with Crippen LogP contribution in [0.15, 0.2) is 76.1 Å². The number of hydrogen-bond acceptors (Lipinski definition) is 6. The van der Waals surface area contributed by atoms with E-state index in [2.05, 4.69) is 31.5 Å². The Labute approximate surface area is 219 Å². The average molecular weight is 517 g/mol. The van der Waals surface area contributed by atoms with Crippen molar-refractivity contribution in [3.05, 3.63) is 111 Å². The first-order valence-corrected chi connectivity index (χ1v) is 12.5. The van der Waals surface area contributed by atoms with Crippen LogP contribution in [0.25, 0.3) is 10.9 Å². The van der Waals surface area contributed by atoms with Crippen molar-refractivity contribution in [3.63, 3.8) is 0 Å². The number of nitrogens with zero attached hydrogens (tertiary/aromatic N) is 5. The molecule has 0 aliphatic rings. The summed E-state index contributed by atoms with van der Waals surface area (Å²) in [7, 11) is 0. The van der Waals surface area contributed by atoms with Gasteiger partial charge >= 0.3 is 0 Å². The van der Waals surface area contributed by atoms with Crippen LogP contribution in [0.5, 0.6) is 0 Å². The molecule has 1 N–H and O–H groups in total. The molecule has 190 valence electrons. The molecule has 0 unspecified atom stereocenters. The topological polar surface area (TPSA) is 92.8 Å². The van der Waals surface area contributed by atoms with Gasteiger partial charge in [0.15, 0.2) is 5.82 Å². The molecule has 0 saturated carbocycles. The van der Waals surface area contributed by atoms with Gasteiger partial charge in [-0.2, -0.15) is 0 Å². The fourth-order valence-electron chi connectivity index (χ4n) is 4.55. The molecule has 9 heteroatoms. The Bertz CT molecular complexity index is 1570. The zero-order chi connectivity index (χ0) is 26.2. The molecule has 2 aromatic carbocycles. The van der Waals surface area contributed by atoms with E-state index in [0.717, 1.165) is 27.8 Å². The summed E-state index contributed by atoms with van der Waals surface area (Å²) in [6.45, 7) is 9.08. The van der Waals surface area contributed by atoms with Gasteiger partial charge in [0.1, 0.15) is 11.8 Å². The number of halogens is 1. The number of pyridine rings is 1. The highest BCUT2D eigenvalue weighted by molar-refractivity contribution is 6.30. The second kappa shape index (κ2) is 9.95. The normalized spacial score (nSPS) is 12.9. The third-order valence-corrected chi connectivity index (χ3v) is 6.55. The lowest BCUT2D eigenvalue weighted by molar-refractivity contribution is 0.171. The molecule has 0 fully saturated rings. The predicted molar refractivity (Wildman–Crippen MR) is 143 cm³/mol. The van der Waals surface area contributed by atoms with E-state index in [4.69, 9.17) is 16.0 Å². The summed E-state index contributed by atoms with van der Waals surface area (Å²) in [6.07, 6.45) is 1.65. The molecule has 0 spiro atoms. The number of tetrazole rings is 1. The van der Waals surface area contributed by atoms with E-state index in [9.17, 15) is 4.79 Å². The van der Waals surface area contributed by atoms with Gasteiger partial charge in [0.2, 0.25) is 0 Å². The summed E-state index contributed by atoms with van der Waals surface area (Å²) in [5.74, 6) is 1.34. The van der Waals surface area contributed by atoms with E-state index in [1.807, 2.05) is 82.3 Å². The van der Waals surface area contributed by atoms with Crippen molar-refractivity contribution < 1.29 is 4.42 Å². The number of aromatic amines is 1. The maximum Gasteiger partial charge on any atom is 0.253 e. The SMILES string of the molecule is Cc1ccc2[nH]c(=O)c([C@H](c3nnnn3C(C)(C)C)N(Cc3ccc(Cl)cc3)Cc3ccco3)cc2c1. The van der Waals surface area contributed by atoms with Crippen molar-refractivity contribution in [1.29, 1.82) is 0 Å². The van der Waals surface area contributed by atoms with E-state index < -0.39 is 11.6 Å². The Balaban J connectivity index is 1.72. The third-order valence-electron chi connectivity index (χ3n) is 6.30. The second-order valence-electron chi connectivity index (χ2n) is 10.3. The van der Waals surface area contributed by atoms with Gasteiger partial charge in [-0.25, -0.2) is 4.68 Å². The van der Waals surface area contributed by atoms with Gasteiger partial charge in [0.25, 0.3) is 5.56 Å². The largest absolute Gasteiger partial charge is 0.468 e. The molecule has 3 heterocycles. The van der Waals surface area contributed by atoms with Crippen molar-refractivity contribution in [3.8, 4) is 0 Å². The van der Waals surface area contributed by atoms with Gasteiger partial charge in [0.05, 0.1) is 18.3 Å². The number of hydrogen-bond donors (Lipinski definition) is 1. The Morgan fingerprint density at radius 2 is 1.86 bits per heavy atom. The number of fused-ring (bicyclic) bond motifs is 1. The second-order valence-corrected chi connectivity index (χ2v) is 10.7. The first kappa shape index (κ1) is 24.9. The van der Waals surface area contributed by atoms with Crippen molar-refractivity contribution in [1.82, 2.24) is 30.1 Å². The molecule has 37 heavy (non-hydrogen) atoms. The molecule has 5 aromatic rings. The highest BCUT2D eigenvalue weighted by atomic mass is 35.5. The van der Waals surface area contributed by atoms with Crippen LogP contribution >= 0.6 is 11.6 Å². The van der Waals surface area contributed by atoms with Crippen LogP contribution in [0, 0.1) is 6.92 Å². The summed E-state index contributed by atoms with van der Waals surface area (Å²) in [4.78, 5) is 18.8. The Morgan fingerprint density at radius 3 is 2.57 bits per heavy atom. The molecule has 3 aromatic heterocycles. The number of nitrogens with one attached hydrogen (secondary N) is 1. The minimum Gasteiger partial charge on any atom is -0.468 e. The maximum absolute atomic E-state index is 13.6. The summed E-state index contributed by atoms with van der Waals surface area (Å²) < 4.78 is 7.52. The number of H-pyrrole nitrogens is 1. The quantitative estimate of drug-likeness (QED) is 0.302. The van der Waals surface area contributed by atoms with Gasteiger partial charge in [0, 0.05) is 22.6 Å². The zero-order valence-electron chi connectivity index (χ0n) is 21.3. The number of rotatable bonds is 7. The molecular formula is C28H29ClN6O2. The molecule has 1 atom stereocenters. The van der Waals surface area contributed by atoms with Gasteiger partial charge in [-0.15, -0.1) is 5.10 Å². The first-order chi connectivity index (χ1) is 17.7. The summed E-state index contributed by atoms with van der Waals surface area (Å²) in [6, 6.07) is 18.8. The molecule has 0 amide bonds. The molecule has 0 saturated heterocycles. The number of aryl methyl sites for hydroxylation is 1. The Kier molecular flexibility index (Phi) is 6.70. The molecule has 0 radical (unpaired) electrons. The third kappa shape index (κ3) is 5.35. The van der Waals surface area contributed by atoms with Crippen LogP contribution in [0.4, 0.5) is 0 Å². The highest BCUT2D eigenvalue weighted by Gasteiger charge is 2.34. The Hall–Kier alpha value is -3.75. The van der Waals surface area contributed by atoms with Crippen molar-refractivity contribution in [2.24, 2.45) is 0 Å². The number of aromatic nitrogens is 5. The van der Waals surface area contributed by atoms with Crippen LogP contribution in [-0.4, -0.2) is 30.1 Å². The van der Waals surface area contributed by atoms with Gasteiger partial charge in [-0.1, -0.05) is 35.4 Å². The summed E-state index contributed by atoms with van der Waals surface area (Å²) >= 11 is 6.16. The molecule has 0 aliphatic heterocycles. The highest BCUT2D eigenvalue weighted by Crippen LogP contribution is 2.32. The summed E-state index contributed by atoms with van der Waals surface area (Å²) in [5.41, 5.74) is 2.88. The zero-order valence-corrected chi connectivity index (χ0v) is 22.0. The van der Waals surface area contributed by atoms with Crippen LogP contribution in [0.3, 0.4) is 0 Å². The van der Waals surface area contributed by atoms with E-state index in [1.54, 1.807) is 10.9 Å². The minimum atomic E-state index is -0.566. The smallest absolute Gasteiger partial charge is 0.253 e. The van der Waals surface area contributed by atoms with E-state index in [0.29, 0.717) is 29.5 Å². The molecule has 0 aliphatic carbocycles. The Morgan fingerprint density at radius 1 is 1.08 bits per heavy atom. The maximum atomic E-state index is 13.6. The van der Waals surface area contributed by atoms with Crippen LogP contribution in [-0.2, 0) is 18.6 Å². The monoisotopic (exact) mass is 516 g/mol. The summed E-state index contributed by atoms with van der Waals surface area (Å²) in [5, 5.41) is 14.4. The lowest BCUT2D eigenvalue weighted by Gasteiger charge is -2.32. The fraction of sp³-hybridized carbons (Fsp3) is 0.286. The van der Waals surface area contributed by atoms with E-state index in [1.165, 1.54) is 0 Å². The predicted octanol–water partition coefficient (Wildman–Crippen LogP) is 5.62. The lowest BCUT2D eigenvalue weighted by atomic mass is 10.00. The molecule has 0 bridgehead atoms. The van der Waals surface area contributed by atoms with Crippen molar-refractivity contribution in [2.75, 3.05) is 0 Å². The first-order valence-electron chi connectivity index (χ1n) is 12.1. The standard InChI is InChI=1S/C28H29ClN6O2/c1-18-7-12-24-20(14-18)15-23(27(36)30-24)25(26-31-32-33-35(26)28(2,3)4)34(17-22-6-5-13-37-22)16-19-8-10-21(29)11-9-19/h5-15,25H,16-17H2,1-4H3,(H,30,36)/t25-/m1/s1. The van der Waals surface area contributed by atoms with Crippen LogP contribution in [0.1, 0.15) is 55.1 Å². The average Bonchev–Trinajstić information content (AvgIpc) is 3.54. The molecular weight excluding hydrogens is 488 g/mol. The molecule has 8 nitrogen and oxygen atoms in total. The lowest BCUT2D eigenvalue weighted by Crippen LogP contribution is -2.37. The fourth-order valence-corrected chi connectivity index (χ4v) is 4.68. The number of benzene rings is 2. The van der Waals surface area contributed by atoms with Crippen LogP contribution in [0.2, 0.25) is 5.02 Å². The number of furan rings is 1. The van der Waals surface area contributed by atoms with E-state index >= 15 is 0 Å². The van der Waals surface area contributed by atoms with E-state index in [-0.39, 0.29) is 5.56 Å². The van der Waals surface area contributed by atoms with Gasteiger partial charge in [-0.3, -0.25) is 9.69 Å². The van der Waals surface area contributed by atoms with Crippen LogP contribution < -0.4 is 5.56 Å². The minimum absolute atomic E-state index is 0.189. The van der Waals surface area contributed by atoms with Crippen molar-refractivity contribution >= 4 is 22.5 Å². The molecule has 5 rings (SSSR count).